The Morgan fingerprint density at radius 2 is 1.72 bits per heavy atom. The molecule has 11 nitrogen and oxygen atoms in total. The lowest BCUT2D eigenvalue weighted by atomic mass is 9.82. The third-order valence-corrected chi connectivity index (χ3v) is 16.2. The van der Waals surface area contributed by atoms with Gasteiger partial charge in [-0.1, -0.05) is 85.0 Å². The van der Waals surface area contributed by atoms with Gasteiger partial charge < -0.3 is 24.2 Å². The predicted octanol–water partition coefficient (Wildman–Crippen LogP) is 5.75. The SMILES string of the molecule is COc1ccc([Si](C)(C)[C@H]2[C@H](CCn3cc(C(CO)c4ccccc4)nn3)O[C@@]3(C(=O)N(C)c4ccc(N5C(=O)COc6ccccc65)cc43)[C@@H]2C)cc1. The highest BCUT2D eigenvalue weighted by Crippen LogP contribution is 2.60. The first-order valence-electron chi connectivity index (χ1n) is 18.4. The number of aromatic nitrogens is 3. The Morgan fingerprint density at radius 1 is 0.981 bits per heavy atom. The molecule has 0 bridgehead atoms. The van der Waals surface area contributed by atoms with Crippen molar-refractivity contribution in [3.63, 3.8) is 0 Å². The molecule has 1 aromatic heterocycles. The Balaban J connectivity index is 1.18. The number of fused-ring (bicyclic) bond motifs is 3. The summed E-state index contributed by atoms with van der Waals surface area (Å²) in [5.74, 6) is 0.617. The zero-order valence-corrected chi connectivity index (χ0v) is 32.2. The number of benzene rings is 4. The molecule has 54 heavy (non-hydrogen) atoms. The van der Waals surface area contributed by atoms with Crippen molar-refractivity contribution in [3.05, 3.63) is 120 Å². The minimum atomic E-state index is -2.39. The lowest BCUT2D eigenvalue weighted by molar-refractivity contribution is -0.145. The number of hydrogen-bond acceptors (Lipinski definition) is 8. The Labute approximate surface area is 316 Å². The van der Waals surface area contributed by atoms with Crippen molar-refractivity contribution in [1.29, 1.82) is 0 Å². The fourth-order valence-corrected chi connectivity index (χ4v) is 13.2. The number of aliphatic hydroxyl groups is 1. The number of amides is 2. The van der Waals surface area contributed by atoms with E-state index in [4.69, 9.17) is 14.2 Å². The van der Waals surface area contributed by atoms with Crippen LogP contribution in [0.1, 0.15) is 36.1 Å². The Kier molecular flexibility index (Phi) is 9.15. The average Bonchev–Trinajstić information content (AvgIpc) is 3.84. The molecule has 1 spiro atoms. The molecule has 5 atom stereocenters. The molecule has 3 aliphatic rings. The van der Waals surface area contributed by atoms with Gasteiger partial charge >= 0.3 is 0 Å². The van der Waals surface area contributed by atoms with Gasteiger partial charge in [-0.05, 0) is 60.0 Å². The third-order valence-electron chi connectivity index (χ3n) is 11.9. The van der Waals surface area contributed by atoms with E-state index in [9.17, 15) is 14.7 Å². The van der Waals surface area contributed by atoms with Gasteiger partial charge in [0.1, 0.15) is 11.5 Å². The van der Waals surface area contributed by atoms with Crippen LogP contribution in [-0.4, -0.2) is 73.5 Å². The number of hydrogen-bond donors (Lipinski definition) is 1. The van der Waals surface area contributed by atoms with Crippen LogP contribution >= 0.6 is 0 Å². The minimum absolute atomic E-state index is 0.0149. The molecule has 0 radical (unpaired) electrons. The summed E-state index contributed by atoms with van der Waals surface area (Å²) in [6.45, 7) is 7.21. The highest BCUT2D eigenvalue weighted by molar-refractivity contribution is 6.91. The quantitative estimate of drug-likeness (QED) is 0.180. The summed E-state index contributed by atoms with van der Waals surface area (Å²) < 4.78 is 20.4. The number of para-hydroxylation sites is 2. The maximum Gasteiger partial charge on any atom is 0.269 e. The monoisotopic (exact) mass is 743 g/mol. The van der Waals surface area contributed by atoms with Crippen molar-refractivity contribution in [3.8, 4) is 11.5 Å². The van der Waals surface area contributed by atoms with Gasteiger partial charge in [-0.2, -0.15) is 0 Å². The van der Waals surface area contributed by atoms with Gasteiger partial charge in [-0.15, -0.1) is 5.10 Å². The van der Waals surface area contributed by atoms with Gasteiger partial charge in [0.2, 0.25) is 0 Å². The van der Waals surface area contributed by atoms with E-state index in [0.29, 0.717) is 35.8 Å². The first kappa shape index (κ1) is 35.7. The molecular weight excluding hydrogens is 699 g/mol. The third kappa shape index (κ3) is 5.71. The summed E-state index contributed by atoms with van der Waals surface area (Å²) in [6, 6.07) is 31.4. The molecule has 4 aromatic carbocycles. The highest BCUT2D eigenvalue weighted by Gasteiger charge is 2.66. The van der Waals surface area contributed by atoms with Crippen LogP contribution in [0.3, 0.4) is 0 Å². The molecule has 0 aliphatic carbocycles. The molecule has 3 aliphatic heterocycles. The van der Waals surface area contributed by atoms with Crippen molar-refractivity contribution in [2.75, 3.05) is 37.2 Å². The first-order chi connectivity index (χ1) is 26.1. The number of rotatable bonds is 10. The van der Waals surface area contributed by atoms with Gasteiger partial charge in [-0.3, -0.25) is 19.2 Å². The number of nitrogens with zero attached hydrogens (tertiary/aromatic N) is 5. The zero-order valence-electron chi connectivity index (χ0n) is 31.2. The molecule has 12 heteroatoms. The highest BCUT2D eigenvalue weighted by atomic mass is 28.3. The molecule has 5 aromatic rings. The molecule has 1 unspecified atom stereocenters. The van der Waals surface area contributed by atoms with E-state index in [0.717, 1.165) is 22.6 Å². The van der Waals surface area contributed by atoms with Gasteiger partial charge in [0, 0.05) is 37.0 Å². The first-order valence-corrected chi connectivity index (χ1v) is 21.5. The Morgan fingerprint density at radius 3 is 2.46 bits per heavy atom. The molecule has 0 saturated carbocycles. The van der Waals surface area contributed by atoms with E-state index in [1.165, 1.54) is 5.19 Å². The van der Waals surface area contributed by atoms with Gasteiger partial charge in [0.15, 0.2) is 12.2 Å². The Hall–Kier alpha value is -5.30. The van der Waals surface area contributed by atoms with Gasteiger partial charge in [0.05, 0.1) is 50.9 Å². The van der Waals surface area contributed by atoms with Crippen LogP contribution in [0.15, 0.2) is 103 Å². The summed E-state index contributed by atoms with van der Waals surface area (Å²) in [4.78, 5) is 31.6. The second kappa shape index (κ2) is 13.8. The normalized spacial score (nSPS) is 22.7. The molecule has 4 heterocycles. The molecule has 8 rings (SSSR count). The van der Waals surface area contributed by atoms with Gasteiger partial charge in [-0.25, -0.2) is 0 Å². The molecule has 2 amide bonds. The summed E-state index contributed by atoms with van der Waals surface area (Å²) in [6.07, 6.45) is 2.18. The lowest BCUT2D eigenvalue weighted by Gasteiger charge is -2.37. The second-order valence-corrected chi connectivity index (χ2v) is 19.7. The van der Waals surface area contributed by atoms with E-state index in [-0.39, 0.29) is 48.5 Å². The standard InChI is InChI=1S/C42H45N5O6Si/c1-27-40(54(4,5)31-18-16-30(51-3)17-19-31)38(21-22-46-24-34(43-44-46)32(25-48)28-11-7-6-8-12-28)53-42(27)33-23-29(15-20-35(33)45(2)41(42)50)47-36-13-9-10-14-37(36)52-26-39(47)49/h6-20,23-24,27,32,38,40,48H,21-22,25-26H2,1-5H3/t27-,32?,38+,40-,42+/m1/s1. The molecular formula is C42H45N5O6Si. The fraction of sp³-hybridized carbons (Fsp3) is 0.333. The van der Waals surface area contributed by atoms with Gasteiger partial charge in [0.25, 0.3) is 11.8 Å². The average molecular weight is 744 g/mol. The maximum absolute atomic E-state index is 14.8. The minimum Gasteiger partial charge on any atom is -0.497 e. The predicted molar refractivity (Wildman–Crippen MR) is 209 cm³/mol. The van der Waals surface area contributed by atoms with E-state index in [1.807, 2.05) is 95.8 Å². The molecule has 1 fully saturated rings. The number of methoxy groups -OCH3 is 1. The number of ether oxygens (including phenoxy) is 3. The summed E-state index contributed by atoms with van der Waals surface area (Å²) in [7, 11) is 1.08. The van der Waals surface area contributed by atoms with E-state index < -0.39 is 13.7 Å². The lowest BCUT2D eigenvalue weighted by Crippen LogP contribution is -2.51. The zero-order chi connectivity index (χ0) is 37.8. The number of aliphatic hydroxyl groups excluding tert-OH is 1. The number of anilines is 3. The van der Waals surface area contributed by atoms with Crippen LogP contribution in [0, 0.1) is 5.92 Å². The molecule has 1 N–H and O–H groups in total. The van der Waals surface area contributed by atoms with Crippen LogP contribution in [0.4, 0.5) is 17.1 Å². The number of carbonyl (C=O) groups excluding carboxylic acids is 2. The van der Waals surface area contributed by atoms with Crippen molar-refractivity contribution in [1.82, 2.24) is 15.0 Å². The largest absolute Gasteiger partial charge is 0.497 e. The van der Waals surface area contributed by atoms with Crippen molar-refractivity contribution in [2.24, 2.45) is 5.92 Å². The maximum atomic E-state index is 14.8. The number of aryl methyl sites for hydroxylation is 1. The van der Waals surface area contributed by atoms with E-state index in [1.54, 1.807) is 24.0 Å². The van der Waals surface area contributed by atoms with Crippen LogP contribution in [0.25, 0.3) is 0 Å². The Bertz CT molecular complexity index is 2190. The molecule has 278 valence electrons. The van der Waals surface area contributed by atoms with Crippen LogP contribution < -0.4 is 24.5 Å². The summed E-state index contributed by atoms with van der Waals surface area (Å²) in [5.41, 5.74) is 3.26. The van der Waals surface area contributed by atoms with E-state index in [2.05, 4.69) is 42.5 Å². The number of likely N-dealkylation sites (N-methyl/N-ethyl adjacent to an activating group) is 1. The van der Waals surface area contributed by atoms with Crippen LogP contribution in [-0.2, 0) is 26.5 Å². The smallest absolute Gasteiger partial charge is 0.269 e. The van der Waals surface area contributed by atoms with E-state index >= 15 is 0 Å². The topological polar surface area (TPSA) is 119 Å². The van der Waals surface area contributed by atoms with Crippen molar-refractivity contribution < 1.29 is 28.9 Å². The second-order valence-electron chi connectivity index (χ2n) is 15.0. The molecule has 1 saturated heterocycles. The summed E-state index contributed by atoms with van der Waals surface area (Å²) in [5, 5.41) is 20.5. The summed E-state index contributed by atoms with van der Waals surface area (Å²) >= 11 is 0. The van der Waals surface area contributed by atoms with Crippen molar-refractivity contribution >= 4 is 42.1 Å². The van der Waals surface area contributed by atoms with Crippen LogP contribution in [0.2, 0.25) is 18.6 Å². The fourth-order valence-electron chi connectivity index (χ4n) is 9.10. The van der Waals surface area contributed by atoms with Crippen LogP contribution in [0.5, 0.6) is 11.5 Å². The number of carbonyl (C=O) groups is 2. The van der Waals surface area contributed by atoms with Crippen molar-refractivity contribution in [2.45, 2.75) is 56.1 Å².